The molecule has 0 aromatic carbocycles. The van der Waals surface area contributed by atoms with Crippen LogP contribution in [0.2, 0.25) is 0 Å². The van der Waals surface area contributed by atoms with Crippen LogP contribution in [0, 0.1) is 6.92 Å². The first-order valence-electron chi connectivity index (χ1n) is 3.48. The molecular formula is C6H12N4S. The number of nitrogens with two attached hydrogens (primary N) is 1. The van der Waals surface area contributed by atoms with Gasteiger partial charge in [0.1, 0.15) is 5.82 Å². The Balaban J connectivity index is 2.39. The third-order valence-corrected chi connectivity index (χ3v) is 1.87. The SMILES string of the molecule is Cc1nsc(NCC(C)N)n1. The van der Waals surface area contributed by atoms with Gasteiger partial charge in [-0.15, -0.1) is 0 Å². The summed E-state index contributed by atoms with van der Waals surface area (Å²) in [7, 11) is 0. The maximum atomic E-state index is 5.54. The van der Waals surface area contributed by atoms with E-state index in [1.165, 1.54) is 11.5 Å². The maximum Gasteiger partial charge on any atom is 0.202 e. The Morgan fingerprint density at radius 2 is 2.45 bits per heavy atom. The molecule has 1 aromatic rings. The molecule has 0 fully saturated rings. The van der Waals surface area contributed by atoms with Gasteiger partial charge in [-0.3, -0.25) is 0 Å². The molecule has 5 heteroatoms. The summed E-state index contributed by atoms with van der Waals surface area (Å²) in [6.07, 6.45) is 0. The molecule has 0 saturated carbocycles. The molecule has 62 valence electrons. The van der Waals surface area contributed by atoms with Crippen LogP contribution in [0.1, 0.15) is 12.7 Å². The van der Waals surface area contributed by atoms with E-state index in [1.807, 2.05) is 13.8 Å². The third kappa shape index (κ3) is 2.81. The van der Waals surface area contributed by atoms with Gasteiger partial charge in [-0.1, -0.05) is 0 Å². The van der Waals surface area contributed by atoms with Gasteiger partial charge in [0.2, 0.25) is 5.13 Å². The van der Waals surface area contributed by atoms with E-state index in [0.717, 1.165) is 17.5 Å². The smallest absolute Gasteiger partial charge is 0.202 e. The molecule has 1 unspecified atom stereocenters. The highest BCUT2D eigenvalue weighted by Gasteiger charge is 1.99. The monoisotopic (exact) mass is 172 g/mol. The molecule has 0 aliphatic heterocycles. The molecule has 3 N–H and O–H groups in total. The number of nitrogens with zero attached hydrogens (tertiary/aromatic N) is 2. The van der Waals surface area contributed by atoms with Gasteiger partial charge < -0.3 is 11.1 Å². The summed E-state index contributed by atoms with van der Waals surface area (Å²) in [5, 5.41) is 3.93. The molecule has 0 bridgehead atoms. The average molecular weight is 172 g/mol. The Hall–Kier alpha value is -0.680. The first-order valence-corrected chi connectivity index (χ1v) is 4.25. The molecule has 0 radical (unpaired) electrons. The highest BCUT2D eigenvalue weighted by Crippen LogP contribution is 2.08. The van der Waals surface area contributed by atoms with Crippen molar-refractivity contribution in [3.63, 3.8) is 0 Å². The van der Waals surface area contributed by atoms with Crippen molar-refractivity contribution in [1.29, 1.82) is 0 Å². The average Bonchev–Trinajstić information content (AvgIpc) is 2.31. The van der Waals surface area contributed by atoms with Crippen LogP contribution < -0.4 is 11.1 Å². The summed E-state index contributed by atoms with van der Waals surface area (Å²) in [5.74, 6) is 0.808. The summed E-state index contributed by atoms with van der Waals surface area (Å²) in [4.78, 5) is 4.12. The van der Waals surface area contributed by atoms with E-state index in [9.17, 15) is 0 Å². The number of aromatic nitrogens is 2. The van der Waals surface area contributed by atoms with Crippen molar-refractivity contribution < 1.29 is 0 Å². The predicted molar refractivity (Wildman–Crippen MR) is 46.8 cm³/mol. The molecule has 0 aliphatic rings. The van der Waals surface area contributed by atoms with E-state index < -0.39 is 0 Å². The second kappa shape index (κ2) is 3.64. The third-order valence-electron chi connectivity index (χ3n) is 1.10. The van der Waals surface area contributed by atoms with Crippen LogP contribution in [0.15, 0.2) is 0 Å². The van der Waals surface area contributed by atoms with Crippen LogP contribution in [-0.2, 0) is 0 Å². The zero-order valence-corrected chi connectivity index (χ0v) is 7.48. The van der Waals surface area contributed by atoms with Crippen LogP contribution in [-0.4, -0.2) is 21.9 Å². The number of aryl methyl sites for hydroxylation is 1. The van der Waals surface area contributed by atoms with Crippen LogP contribution in [0.5, 0.6) is 0 Å². The Bertz CT molecular complexity index is 220. The summed E-state index contributed by atoms with van der Waals surface area (Å²) in [6, 6.07) is 0.152. The van der Waals surface area contributed by atoms with Gasteiger partial charge in [-0.05, 0) is 13.8 Å². The van der Waals surface area contributed by atoms with Crippen LogP contribution in [0.4, 0.5) is 5.13 Å². The lowest BCUT2D eigenvalue weighted by molar-refractivity contribution is 0.779. The van der Waals surface area contributed by atoms with Crippen LogP contribution in [0.3, 0.4) is 0 Å². The molecule has 1 atom stereocenters. The molecule has 0 amide bonds. The lowest BCUT2D eigenvalue weighted by Gasteiger charge is -2.03. The van der Waals surface area contributed by atoms with E-state index >= 15 is 0 Å². The van der Waals surface area contributed by atoms with Gasteiger partial charge in [0.25, 0.3) is 0 Å². The lowest BCUT2D eigenvalue weighted by Crippen LogP contribution is -2.25. The summed E-state index contributed by atoms with van der Waals surface area (Å²) in [6.45, 7) is 4.56. The Kier molecular flexibility index (Phi) is 2.78. The number of hydrogen-bond acceptors (Lipinski definition) is 5. The number of rotatable bonds is 3. The quantitative estimate of drug-likeness (QED) is 0.701. The molecule has 0 saturated heterocycles. The molecule has 11 heavy (non-hydrogen) atoms. The Morgan fingerprint density at radius 1 is 1.73 bits per heavy atom. The zero-order chi connectivity index (χ0) is 8.27. The Labute approximate surface area is 70.0 Å². The van der Waals surface area contributed by atoms with Gasteiger partial charge in [0.05, 0.1) is 0 Å². The first-order chi connectivity index (χ1) is 5.18. The predicted octanol–water partition coefficient (Wildman–Crippen LogP) is 0.606. The standard InChI is InChI=1S/C6H12N4S/c1-4(7)3-8-6-9-5(2)10-11-6/h4H,3,7H2,1-2H3,(H,8,9,10). The van der Waals surface area contributed by atoms with Crippen molar-refractivity contribution in [3.8, 4) is 0 Å². The molecule has 1 heterocycles. The second-order valence-electron chi connectivity index (χ2n) is 2.50. The zero-order valence-electron chi connectivity index (χ0n) is 6.66. The van der Waals surface area contributed by atoms with Crippen molar-refractivity contribution in [2.75, 3.05) is 11.9 Å². The molecular weight excluding hydrogens is 160 g/mol. The fourth-order valence-corrected chi connectivity index (χ4v) is 1.20. The largest absolute Gasteiger partial charge is 0.359 e. The van der Waals surface area contributed by atoms with Gasteiger partial charge in [0, 0.05) is 24.1 Å². The number of nitrogens with one attached hydrogen (secondary N) is 1. The minimum absolute atomic E-state index is 0.152. The fraction of sp³-hybridized carbons (Fsp3) is 0.667. The Morgan fingerprint density at radius 3 is 2.91 bits per heavy atom. The van der Waals surface area contributed by atoms with E-state index in [2.05, 4.69) is 14.7 Å². The minimum Gasteiger partial charge on any atom is -0.359 e. The number of anilines is 1. The van der Waals surface area contributed by atoms with E-state index in [0.29, 0.717) is 0 Å². The summed E-state index contributed by atoms with van der Waals surface area (Å²) in [5.41, 5.74) is 5.54. The summed E-state index contributed by atoms with van der Waals surface area (Å²) >= 11 is 1.36. The second-order valence-corrected chi connectivity index (χ2v) is 3.26. The molecule has 0 aliphatic carbocycles. The van der Waals surface area contributed by atoms with Crippen LogP contribution in [0.25, 0.3) is 0 Å². The normalized spacial score (nSPS) is 13.0. The molecule has 0 spiro atoms. The molecule has 1 aromatic heterocycles. The van der Waals surface area contributed by atoms with Crippen molar-refractivity contribution in [1.82, 2.24) is 9.36 Å². The number of hydrogen-bond donors (Lipinski definition) is 2. The maximum absolute atomic E-state index is 5.54. The minimum atomic E-state index is 0.152. The molecule has 1 rings (SSSR count). The van der Waals surface area contributed by atoms with Crippen molar-refractivity contribution in [3.05, 3.63) is 5.82 Å². The van der Waals surface area contributed by atoms with Gasteiger partial charge in [-0.2, -0.15) is 4.37 Å². The van der Waals surface area contributed by atoms with Gasteiger partial charge in [0.15, 0.2) is 0 Å². The van der Waals surface area contributed by atoms with Gasteiger partial charge >= 0.3 is 0 Å². The highest BCUT2D eigenvalue weighted by molar-refractivity contribution is 7.09. The highest BCUT2D eigenvalue weighted by atomic mass is 32.1. The lowest BCUT2D eigenvalue weighted by atomic mass is 10.4. The van der Waals surface area contributed by atoms with Crippen LogP contribution >= 0.6 is 11.5 Å². The fourth-order valence-electron chi connectivity index (χ4n) is 0.617. The van der Waals surface area contributed by atoms with Gasteiger partial charge in [-0.25, -0.2) is 4.98 Å². The van der Waals surface area contributed by atoms with E-state index in [1.54, 1.807) is 0 Å². The van der Waals surface area contributed by atoms with Crippen molar-refractivity contribution >= 4 is 16.7 Å². The first kappa shape index (κ1) is 8.42. The van der Waals surface area contributed by atoms with Crippen molar-refractivity contribution in [2.24, 2.45) is 5.73 Å². The van der Waals surface area contributed by atoms with E-state index in [-0.39, 0.29) is 6.04 Å². The molecule has 4 nitrogen and oxygen atoms in total. The van der Waals surface area contributed by atoms with E-state index in [4.69, 9.17) is 5.73 Å². The van der Waals surface area contributed by atoms with Crippen molar-refractivity contribution in [2.45, 2.75) is 19.9 Å². The summed E-state index contributed by atoms with van der Waals surface area (Å²) < 4.78 is 4.02. The topological polar surface area (TPSA) is 63.8 Å².